The summed E-state index contributed by atoms with van der Waals surface area (Å²) in [5.41, 5.74) is 0. The molecule has 0 atom stereocenters. The van der Waals surface area contributed by atoms with E-state index in [0.29, 0.717) is 0 Å². The van der Waals surface area contributed by atoms with Crippen molar-refractivity contribution in [1.82, 2.24) is 10.2 Å². The molecule has 0 aromatic carbocycles. The normalized spacial score (nSPS) is 10.9. The van der Waals surface area contributed by atoms with E-state index in [1.54, 1.807) is 0 Å². The van der Waals surface area contributed by atoms with Crippen molar-refractivity contribution in [3.63, 3.8) is 0 Å². The summed E-state index contributed by atoms with van der Waals surface area (Å²) in [4.78, 5) is 2.26. The Hall–Kier alpha value is 0.620. The first-order chi connectivity index (χ1) is 5.31. The van der Waals surface area contributed by atoms with Crippen LogP contribution < -0.4 is 5.32 Å². The van der Waals surface area contributed by atoms with Crippen LogP contribution in [0, 0.1) is 0 Å². The highest BCUT2D eigenvalue weighted by Gasteiger charge is 1.94. The number of hydrogen-bond donors (Lipinski definition) is 3. The molecule has 2 nitrogen and oxygen atoms in total. The summed E-state index contributed by atoms with van der Waals surface area (Å²) in [5, 5.41) is 3.28. The average molecular weight is 194 g/mol. The van der Waals surface area contributed by atoms with Gasteiger partial charge < -0.3 is 10.2 Å². The smallest absolute Gasteiger partial charge is 0.0104 e. The first-order valence-corrected chi connectivity index (χ1v) is 5.18. The molecule has 0 saturated carbocycles. The third-order valence-corrected chi connectivity index (χ3v) is 1.86. The lowest BCUT2D eigenvalue weighted by Crippen LogP contribution is -2.31. The number of likely N-dealkylation sites (N-methyl/N-ethyl adjacent to an activating group) is 1. The molecule has 0 rings (SSSR count). The summed E-state index contributed by atoms with van der Waals surface area (Å²) in [7, 11) is 2.11. The molecular weight excluding hydrogens is 176 g/mol. The molecule has 0 saturated heterocycles. The lowest BCUT2D eigenvalue weighted by Gasteiger charge is -2.14. The zero-order valence-corrected chi connectivity index (χ0v) is 8.87. The van der Waals surface area contributed by atoms with Crippen LogP contribution in [0.25, 0.3) is 0 Å². The molecular formula is C7H18N2S2. The van der Waals surface area contributed by atoms with Crippen LogP contribution in [-0.2, 0) is 0 Å². The van der Waals surface area contributed by atoms with Crippen molar-refractivity contribution in [3.05, 3.63) is 0 Å². The van der Waals surface area contributed by atoms with Crippen molar-refractivity contribution in [3.8, 4) is 0 Å². The standard InChI is InChI=1S/C7H18N2S2/c1-9(5-7-11)4-2-8-3-6-10/h8,10-11H,2-7H2,1H3. The van der Waals surface area contributed by atoms with Gasteiger partial charge in [0.2, 0.25) is 0 Å². The maximum absolute atomic E-state index is 4.15. The number of hydrogen-bond acceptors (Lipinski definition) is 4. The fourth-order valence-corrected chi connectivity index (χ4v) is 1.26. The Balaban J connectivity index is 2.97. The third kappa shape index (κ3) is 8.53. The summed E-state index contributed by atoms with van der Waals surface area (Å²) in [6.07, 6.45) is 0. The second-order valence-electron chi connectivity index (χ2n) is 2.50. The maximum atomic E-state index is 4.15. The van der Waals surface area contributed by atoms with E-state index in [2.05, 4.69) is 42.5 Å². The first kappa shape index (κ1) is 11.6. The Morgan fingerprint density at radius 1 is 1.09 bits per heavy atom. The summed E-state index contributed by atoms with van der Waals surface area (Å²) < 4.78 is 0. The highest BCUT2D eigenvalue weighted by Crippen LogP contribution is 1.82. The molecule has 68 valence electrons. The van der Waals surface area contributed by atoms with Gasteiger partial charge in [0.25, 0.3) is 0 Å². The summed E-state index contributed by atoms with van der Waals surface area (Å²) >= 11 is 8.25. The van der Waals surface area contributed by atoms with E-state index in [4.69, 9.17) is 0 Å². The second-order valence-corrected chi connectivity index (χ2v) is 3.39. The number of nitrogens with one attached hydrogen (secondary N) is 1. The summed E-state index contributed by atoms with van der Waals surface area (Å²) in [5.74, 6) is 1.85. The topological polar surface area (TPSA) is 15.3 Å². The van der Waals surface area contributed by atoms with Crippen molar-refractivity contribution in [2.45, 2.75) is 0 Å². The van der Waals surface area contributed by atoms with Gasteiger partial charge >= 0.3 is 0 Å². The Labute approximate surface area is 80.5 Å². The quantitative estimate of drug-likeness (QED) is 0.401. The van der Waals surface area contributed by atoms with E-state index in [0.717, 1.165) is 37.7 Å². The third-order valence-electron chi connectivity index (χ3n) is 1.44. The van der Waals surface area contributed by atoms with E-state index in [1.807, 2.05) is 0 Å². The minimum absolute atomic E-state index is 0.913. The molecule has 0 spiro atoms. The molecule has 0 amide bonds. The largest absolute Gasteiger partial charge is 0.315 e. The molecule has 0 radical (unpaired) electrons. The minimum atomic E-state index is 0.913. The van der Waals surface area contributed by atoms with E-state index >= 15 is 0 Å². The molecule has 0 bridgehead atoms. The number of nitrogens with zero attached hydrogens (tertiary/aromatic N) is 1. The van der Waals surface area contributed by atoms with E-state index in [1.165, 1.54) is 0 Å². The van der Waals surface area contributed by atoms with Crippen LogP contribution in [-0.4, -0.2) is 49.6 Å². The summed E-state index contributed by atoms with van der Waals surface area (Å²) in [6, 6.07) is 0. The summed E-state index contributed by atoms with van der Waals surface area (Å²) in [6.45, 7) is 4.20. The van der Waals surface area contributed by atoms with Gasteiger partial charge in [-0.1, -0.05) is 0 Å². The zero-order chi connectivity index (χ0) is 8.53. The van der Waals surface area contributed by atoms with Crippen molar-refractivity contribution < 1.29 is 0 Å². The van der Waals surface area contributed by atoms with Gasteiger partial charge in [0.1, 0.15) is 0 Å². The molecule has 0 fully saturated rings. The first-order valence-electron chi connectivity index (χ1n) is 3.92. The Morgan fingerprint density at radius 2 is 1.82 bits per heavy atom. The molecule has 0 heterocycles. The SMILES string of the molecule is CN(CCS)CCNCCS. The van der Waals surface area contributed by atoms with Gasteiger partial charge in [-0.2, -0.15) is 25.3 Å². The van der Waals surface area contributed by atoms with Crippen molar-refractivity contribution in [2.75, 3.05) is 44.7 Å². The lowest BCUT2D eigenvalue weighted by atomic mass is 10.5. The molecule has 1 N–H and O–H groups in total. The van der Waals surface area contributed by atoms with Crippen LogP contribution in [0.15, 0.2) is 0 Å². The van der Waals surface area contributed by atoms with Gasteiger partial charge in [-0.3, -0.25) is 0 Å². The molecule has 4 heteroatoms. The van der Waals surface area contributed by atoms with Gasteiger partial charge in [0, 0.05) is 37.7 Å². The fraction of sp³-hybridized carbons (Fsp3) is 1.00. The van der Waals surface area contributed by atoms with Gasteiger partial charge in [-0.05, 0) is 7.05 Å². The monoisotopic (exact) mass is 194 g/mol. The Bertz CT molecular complexity index is 80.8. The predicted octanol–water partition coefficient (Wildman–Crippen LogP) is 0.367. The average Bonchev–Trinajstić information content (AvgIpc) is 1.99. The molecule has 0 aromatic heterocycles. The predicted molar refractivity (Wildman–Crippen MR) is 58.1 cm³/mol. The Kier molecular flexibility index (Phi) is 9.21. The van der Waals surface area contributed by atoms with Crippen molar-refractivity contribution in [1.29, 1.82) is 0 Å². The zero-order valence-electron chi connectivity index (χ0n) is 7.08. The van der Waals surface area contributed by atoms with Crippen LogP contribution in [0.5, 0.6) is 0 Å². The fourth-order valence-electron chi connectivity index (χ4n) is 0.756. The van der Waals surface area contributed by atoms with Crippen molar-refractivity contribution in [2.24, 2.45) is 0 Å². The van der Waals surface area contributed by atoms with Crippen LogP contribution in [0.2, 0.25) is 0 Å². The molecule has 0 aromatic rings. The molecule has 0 aliphatic carbocycles. The van der Waals surface area contributed by atoms with Crippen molar-refractivity contribution >= 4 is 25.3 Å². The molecule has 11 heavy (non-hydrogen) atoms. The maximum Gasteiger partial charge on any atom is 0.0104 e. The van der Waals surface area contributed by atoms with Crippen LogP contribution in [0.3, 0.4) is 0 Å². The van der Waals surface area contributed by atoms with Gasteiger partial charge in [-0.15, -0.1) is 0 Å². The molecule has 0 unspecified atom stereocenters. The highest BCUT2D eigenvalue weighted by atomic mass is 32.1. The number of thiol groups is 2. The lowest BCUT2D eigenvalue weighted by molar-refractivity contribution is 0.354. The minimum Gasteiger partial charge on any atom is -0.315 e. The van der Waals surface area contributed by atoms with E-state index in [-0.39, 0.29) is 0 Å². The van der Waals surface area contributed by atoms with E-state index < -0.39 is 0 Å². The van der Waals surface area contributed by atoms with Crippen LogP contribution in [0.4, 0.5) is 0 Å². The van der Waals surface area contributed by atoms with Crippen LogP contribution in [0.1, 0.15) is 0 Å². The molecule has 0 aliphatic rings. The second kappa shape index (κ2) is 8.71. The molecule has 0 aliphatic heterocycles. The Morgan fingerprint density at radius 3 is 2.36 bits per heavy atom. The highest BCUT2D eigenvalue weighted by molar-refractivity contribution is 7.80. The van der Waals surface area contributed by atoms with E-state index in [9.17, 15) is 0 Å². The van der Waals surface area contributed by atoms with Crippen LogP contribution >= 0.6 is 25.3 Å². The number of rotatable bonds is 7. The van der Waals surface area contributed by atoms with Gasteiger partial charge in [-0.25, -0.2) is 0 Å². The van der Waals surface area contributed by atoms with Gasteiger partial charge in [0.05, 0.1) is 0 Å². The van der Waals surface area contributed by atoms with Gasteiger partial charge in [0.15, 0.2) is 0 Å².